The normalized spacial score (nSPS) is 23.6. The smallest absolute Gasteiger partial charge is 0.399 e. The van der Waals surface area contributed by atoms with Gasteiger partial charge in [-0.15, -0.1) is 0 Å². The van der Waals surface area contributed by atoms with Gasteiger partial charge in [0.1, 0.15) is 12.1 Å². The van der Waals surface area contributed by atoms with Crippen molar-refractivity contribution in [2.24, 2.45) is 0 Å². The molecule has 0 saturated carbocycles. The van der Waals surface area contributed by atoms with Gasteiger partial charge in [0.15, 0.2) is 0 Å². The molecule has 0 radical (unpaired) electrons. The fourth-order valence-electron chi connectivity index (χ4n) is 2.39. The lowest BCUT2D eigenvalue weighted by Crippen LogP contribution is -2.41. The minimum Gasteiger partial charge on any atom is -0.399 e. The largest absolute Gasteiger partial charge is 0.500 e. The molecule has 0 atom stereocenters. The highest BCUT2D eigenvalue weighted by Crippen LogP contribution is 2.37. The number of hydrogen-bond acceptors (Lipinski definition) is 5. The van der Waals surface area contributed by atoms with Gasteiger partial charge in [-0.2, -0.15) is 0 Å². The van der Waals surface area contributed by atoms with Crippen molar-refractivity contribution in [2.45, 2.75) is 38.9 Å². The minimum absolute atomic E-state index is 0.353. The van der Waals surface area contributed by atoms with Gasteiger partial charge in [-0.05, 0) is 27.7 Å². The summed E-state index contributed by atoms with van der Waals surface area (Å²) in [5.74, 6) is 0.892. The van der Waals surface area contributed by atoms with Crippen LogP contribution >= 0.6 is 0 Å². The van der Waals surface area contributed by atoms with Gasteiger partial charge < -0.3 is 14.2 Å². The Bertz CT molecular complexity index is 521. The first kappa shape index (κ1) is 13.6. The van der Waals surface area contributed by atoms with Crippen molar-refractivity contribution >= 4 is 18.4 Å². The Morgan fingerprint density at radius 3 is 2.30 bits per heavy atom. The van der Waals surface area contributed by atoms with Gasteiger partial charge in [-0.1, -0.05) is 12.2 Å². The topological polar surface area (TPSA) is 47.5 Å². The lowest BCUT2D eigenvalue weighted by Gasteiger charge is -2.32. The predicted molar refractivity (Wildman–Crippen MR) is 79.1 cm³/mol. The third-order valence-electron chi connectivity index (χ3n) is 4.34. The van der Waals surface area contributed by atoms with E-state index in [9.17, 15) is 0 Å². The Morgan fingerprint density at radius 2 is 1.70 bits per heavy atom. The molecule has 1 aromatic rings. The summed E-state index contributed by atoms with van der Waals surface area (Å²) < 4.78 is 12.2. The summed E-state index contributed by atoms with van der Waals surface area (Å²) >= 11 is 0. The van der Waals surface area contributed by atoms with Crippen LogP contribution in [0.25, 0.3) is 0 Å². The fourth-order valence-corrected chi connectivity index (χ4v) is 2.39. The molecule has 0 N–H and O–H groups in total. The molecule has 1 aromatic heterocycles. The number of anilines is 1. The average Bonchev–Trinajstić information content (AvgIpc) is 2.97. The highest BCUT2D eigenvalue weighted by molar-refractivity contribution is 6.63. The van der Waals surface area contributed by atoms with Crippen LogP contribution in [0.4, 0.5) is 5.82 Å². The molecule has 3 rings (SSSR count). The zero-order chi connectivity index (χ0) is 14.4. The second-order valence-corrected chi connectivity index (χ2v) is 6.27. The summed E-state index contributed by atoms with van der Waals surface area (Å²) in [5, 5.41) is 0. The van der Waals surface area contributed by atoms with Crippen LogP contribution in [0.15, 0.2) is 24.7 Å². The van der Waals surface area contributed by atoms with E-state index in [2.05, 4.69) is 27.0 Å². The van der Waals surface area contributed by atoms with Crippen molar-refractivity contribution in [3.8, 4) is 0 Å². The Labute approximate surface area is 120 Å². The number of hydrogen-bond donors (Lipinski definition) is 0. The van der Waals surface area contributed by atoms with Crippen LogP contribution in [0.2, 0.25) is 0 Å². The third-order valence-corrected chi connectivity index (χ3v) is 4.34. The lowest BCUT2D eigenvalue weighted by molar-refractivity contribution is 0.00578. The van der Waals surface area contributed by atoms with E-state index in [0.717, 1.165) is 24.4 Å². The first-order valence-corrected chi connectivity index (χ1v) is 6.96. The second kappa shape index (κ2) is 4.57. The molecule has 0 bridgehead atoms. The monoisotopic (exact) mass is 273 g/mol. The highest BCUT2D eigenvalue weighted by Gasteiger charge is 2.52. The Kier molecular flexibility index (Phi) is 3.10. The van der Waals surface area contributed by atoms with Crippen molar-refractivity contribution in [2.75, 3.05) is 18.0 Å². The molecule has 1 fully saturated rings. The maximum Gasteiger partial charge on any atom is 0.500 e. The van der Waals surface area contributed by atoms with E-state index in [1.165, 1.54) is 0 Å². The molecule has 106 valence electrons. The average molecular weight is 273 g/mol. The molecule has 0 amide bonds. The predicted octanol–water partition coefficient (Wildman–Crippen LogP) is 1.15. The van der Waals surface area contributed by atoms with Crippen LogP contribution in [0.1, 0.15) is 27.7 Å². The van der Waals surface area contributed by atoms with Gasteiger partial charge in [-0.25, -0.2) is 9.97 Å². The molecular formula is C14H20BN3O2. The van der Waals surface area contributed by atoms with Crippen LogP contribution in [-0.2, 0) is 9.31 Å². The van der Waals surface area contributed by atoms with Gasteiger partial charge in [0.2, 0.25) is 0 Å². The minimum atomic E-state index is -0.420. The Morgan fingerprint density at radius 1 is 1.10 bits per heavy atom. The number of rotatable bonds is 2. The van der Waals surface area contributed by atoms with Gasteiger partial charge >= 0.3 is 7.12 Å². The summed E-state index contributed by atoms with van der Waals surface area (Å²) in [5.41, 5.74) is 0.192. The molecule has 20 heavy (non-hydrogen) atoms. The Balaban J connectivity index is 1.92. The SMILES string of the molecule is CC1(C)OB(c2cncnc2N2CC=CC2)OC1(C)C. The van der Waals surface area contributed by atoms with Crippen molar-refractivity contribution in [1.82, 2.24) is 9.97 Å². The van der Waals surface area contributed by atoms with Crippen LogP contribution in [0.5, 0.6) is 0 Å². The summed E-state index contributed by atoms with van der Waals surface area (Å²) in [6, 6.07) is 0. The molecule has 3 heterocycles. The van der Waals surface area contributed by atoms with Gasteiger partial charge in [0, 0.05) is 24.7 Å². The molecule has 2 aliphatic heterocycles. The van der Waals surface area contributed by atoms with E-state index in [0.29, 0.717) is 0 Å². The molecule has 0 unspecified atom stereocenters. The van der Waals surface area contributed by atoms with Crippen LogP contribution in [-0.4, -0.2) is 41.4 Å². The first-order valence-electron chi connectivity index (χ1n) is 6.96. The van der Waals surface area contributed by atoms with E-state index >= 15 is 0 Å². The van der Waals surface area contributed by atoms with Gasteiger partial charge in [-0.3, -0.25) is 0 Å². The zero-order valence-corrected chi connectivity index (χ0v) is 12.5. The van der Waals surface area contributed by atoms with Gasteiger partial charge in [0.05, 0.1) is 11.2 Å². The maximum absolute atomic E-state index is 6.10. The summed E-state index contributed by atoms with van der Waals surface area (Å²) in [6.07, 6.45) is 7.64. The first-order chi connectivity index (χ1) is 9.41. The molecule has 2 aliphatic rings. The van der Waals surface area contributed by atoms with E-state index in [1.807, 2.05) is 27.7 Å². The van der Waals surface area contributed by atoms with Crippen molar-refractivity contribution in [3.63, 3.8) is 0 Å². The van der Waals surface area contributed by atoms with E-state index in [1.54, 1.807) is 12.5 Å². The fraction of sp³-hybridized carbons (Fsp3) is 0.571. The third kappa shape index (κ3) is 2.13. The summed E-state index contributed by atoms with van der Waals surface area (Å²) in [7, 11) is -0.420. The summed E-state index contributed by atoms with van der Waals surface area (Å²) in [4.78, 5) is 10.7. The molecule has 0 aliphatic carbocycles. The van der Waals surface area contributed by atoms with Crippen LogP contribution < -0.4 is 10.4 Å². The van der Waals surface area contributed by atoms with Crippen molar-refractivity contribution in [1.29, 1.82) is 0 Å². The standard InChI is InChI=1S/C14H20BN3O2/c1-13(2)14(3,4)20-15(19-13)11-9-16-10-17-12(11)18-7-5-6-8-18/h5-6,9-10H,7-8H2,1-4H3. The quantitative estimate of drug-likeness (QED) is 0.597. The van der Waals surface area contributed by atoms with Crippen molar-refractivity contribution in [3.05, 3.63) is 24.7 Å². The molecule has 6 heteroatoms. The highest BCUT2D eigenvalue weighted by atomic mass is 16.7. The second-order valence-electron chi connectivity index (χ2n) is 6.27. The molecular weight excluding hydrogens is 253 g/mol. The zero-order valence-electron chi connectivity index (χ0n) is 12.5. The van der Waals surface area contributed by atoms with E-state index in [-0.39, 0.29) is 11.2 Å². The Hall–Kier alpha value is -1.40. The van der Waals surface area contributed by atoms with Crippen LogP contribution in [0, 0.1) is 0 Å². The summed E-state index contributed by atoms with van der Waals surface area (Å²) in [6.45, 7) is 9.93. The van der Waals surface area contributed by atoms with E-state index < -0.39 is 7.12 Å². The number of aromatic nitrogens is 2. The molecule has 0 aromatic carbocycles. The molecule has 1 saturated heterocycles. The lowest BCUT2D eigenvalue weighted by atomic mass is 9.80. The van der Waals surface area contributed by atoms with Gasteiger partial charge in [0.25, 0.3) is 0 Å². The molecule has 5 nitrogen and oxygen atoms in total. The maximum atomic E-state index is 6.10. The van der Waals surface area contributed by atoms with E-state index in [4.69, 9.17) is 9.31 Å². The van der Waals surface area contributed by atoms with Crippen molar-refractivity contribution < 1.29 is 9.31 Å². The van der Waals surface area contributed by atoms with Crippen LogP contribution in [0.3, 0.4) is 0 Å². The molecule has 0 spiro atoms. The number of nitrogens with zero attached hydrogens (tertiary/aromatic N) is 3.